The number of hydrogen-bond donors (Lipinski definition) is 1. The lowest BCUT2D eigenvalue weighted by Crippen LogP contribution is -2.35. The highest BCUT2D eigenvalue weighted by atomic mass is 35.5. The number of nitrogens with one attached hydrogen (secondary N) is 1. The third-order valence-electron chi connectivity index (χ3n) is 3.14. The van der Waals surface area contributed by atoms with Gasteiger partial charge in [0, 0.05) is 13.1 Å². The molecule has 0 saturated carbocycles. The van der Waals surface area contributed by atoms with Crippen LogP contribution in [-0.4, -0.2) is 24.0 Å². The number of halogens is 3. The lowest BCUT2D eigenvalue weighted by atomic mass is 10.2. The van der Waals surface area contributed by atoms with E-state index in [-0.39, 0.29) is 6.03 Å². The summed E-state index contributed by atoms with van der Waals surface area (Å²) in [5.74, 6) is 0. The Balaban J connectivity index is 2.07. The predicted octanol–water partition coefficient (Wildman–Crippen LogP) is 5.05. The fraction of sp³-hybridized carbons (Fsp3) is 0.462. The van der Waals surface area contributed by atoms with Crippen molar-refractivity contribution in [2.45, 2.75) is 25.7 Å². The first-order chi connectivity index (χ1) is 9.08. The molecule has 1 aliphatic heterocycles. The van der Waals surface area contributed by atoms with Gasteiger partial charge < -0.3 is 10.2 Å². The number of carbonyl (C=O) groups excluding carboxylic acids is 1. The van der Waals surface area contributed by atoms with Crippen LogP contribution >= 0.6 is 34.8 Å². The average Bonchev–Trinajstić information content (AvgIpc) is 2.64. The lowest BCUT2D eigenvalue weighted by Gasteiger charge is -2.21. The molecule has 104 valence electrons. The molecule has 3 nitrogen and oxygen atoms in total. The molecule has 1 heterocycles. The summed E-state index contributed by atoms with van der Waals surface area (Å²) >= 11 is 17.8. The van der Waals surface area contributed by atoms with Crippen molar-refractivity contribution in [2.75, 3.05) is 18.4 Å². The van der Waals surface area contributed by atoms with Crippen molar-refractivity contribution in [3.8, 4) is 0 Å². The van der Waals surface area contributed by atoms with Gasteiger partial charge in [0.2, 0.25) is 0 Å². The summed E-state index contributed by atoms with van der Waals surface area (Å²) < 4.78 is 0. The van der Waals surface area contributed by atoms with Gasteiger partial charge in [-0.15, -0.1) is 0 Å². The Labute approximate surface area is 127 Å². The molecular weight excluding hydrogens is 307 g/mol. The number of amides is 2. The van der Waals surface area contributed by atoms with E-state index in [0.717, 1.165) is 25.9 Å². The highest BCUT2D eigenvalue weighted by Crippen LogP contribution is 2.32. The molecule has 0 atom stereocenters. The minimum Gasteiger partial charge on any atom is -0.325 e. The van der Waals surface area contributed by atoms with Crippen LogP contribution in [-0.2, 0) is 0 Å². The Hall–Kier alpha value is -0.640. The maximum Gasteiger partial charge on any atom is 0.321 e. The zero-order chi connectivity index (χ0) is 13.8. The second kappa shape index (κ2) is 6.69. The van der Waals surface area contributed by atoms with Crippen molar-refractivity contribution in [3.63, 3.8) is 0 Å². The molecule has 1 aromatic rings. The normalized spacial score (nSPS) is 16.1. The van der Waals surface area contributed by atoms with E-state index in [1.807, 2.05) is 4.90 Å². The zero-order valence-corrected chi connectivity index (χ0v) is 12.7. The molecule has 1 aromatic carbocycles. The average molecular weight is 322 g/mol. The molecule has 0 aliphatic carbocycles. The second-order valence-electron chi connectivity index (χ2n) is 4.58. The van der Waals surface area contributed by atoms with Crippen LogP contribution in [0.15, 0.2) is 12.1 Å². The van der Waals surface area contributed by atoms with E-state index in [0.29, 0.717) is 20.8 Å². The van der Waals surface area contributed by atoms with Gasteiger partial charge in [-0.05, 0) is 25.0 Å². The van der Waals surface area contributed by atoms with E-state index in [2.05, 4.69) is 5.32 Å². The predicted molar refractivity (Wildman–Crippen MR) is 80.5 cm³/mol. The lowest BCUT2D eigenvalue weighted by molar-refractivity contribution is 0.214. The van der Waals surface area contributed by atoms with E-state index < -0.39 is 0 Å². The standard InChI is InChI=1S/C13H15Cl3N2O/c14-9-7-11(16)12(8-10(9)15)17-13(19)18-5-3-1-2-4-6-18/h7-8H,1-6H2,(H,17,19). The number of carbonyl (C=O) groups is 1. The van der Waals surface area contributed by atoms with Crippen LogP contribution in [0.3, 0.4) is 0 Å². The van der Waals surface area contributed by atoms with E-state index in [9.17, 15) is 4.79 Å². The Morgan fingerprint density at radius 2 is 1.53 bits per heavy atom. The van der Waals surface area contributed by atoms with Gasteiger partial charge in [0.1, 0.15) is 0 Å². The first-order valence-corrected chi connectivity index (χ1v) is 7.42. The molecule has 0 bridgehead atoms. The van der Waals surface area contributed by atoms with E-state index in [1.165, 1.54) is 18.9 Å². The number of likely N-dealkylation sites (tertiary alicyclic amines) is 1. The molecule has 0 spiro atoms. The minimum absolute atomic E-state index is 0.137. The van der Waals surface area contributed by atoms with Crippen LogP contribution in [0, 0.1) is 0 Å². The molecule has 2 amide bonds. The Bertz CT molecular complexity index is 471. The summed E-state index contributed by atoms with van der Waals surface area (Å²) in [6.45, 7) is 1.57. The summed E-state index contributed by atoms with van der Waals surface area (Å²) in [6, 6.07) is 2.97. The van der Waals surface area contributed by atoms with E-state index in [4.69, 9.17) is 34.8 Å². The molecule has 0 radical (unpaired) electrons. The van der Waals surface area contributed by atoms with E-state index in [1.54, 1.807) is 6.07 Å². The summed E-state index contributed by atoms with van der Waals surface area (Å²) in [5.41, 5.74) is 0.491. The van der Waals surface area contributed by atoms with Crippen LogP contribution in [0.1, 0.15) is 25.7 Å². The highest BCUT2D eigenvalue weighted by Gasteiger charge is 2.17. The Morgan fingerprint density at radius 1 is 0.947 bits per heavy atom. The van der Waals surface area contributed by atoms with Crippen molar-refractivity contribution >= 4 is 46.5 Å². The van der Waals surface area contributed by atoms with Crippen LogP contribution in [0.5, 0.6) is 0 Å². The van der Waals surface area contributed by atoms with Gasteiger partial charge in [0.15, 0.2) is 0 Å². The van der Waals surface area contributed by atoms with Crippen molar-refractivity contribution in [3.05, 3.63) is 27.2 Å². The number of rotatable bonds is 1. The quantitative estimate of drug-likeness (QED) is 0.721. The smallest absolute Gasteiger partial charge is 0.321 e. The maximum atomic E-state index is 12.1. The molecule has 6 heteroatoms. The van der Waals surface area contributed by atoms with Crippen molar-refractivity contribution in [1.29, 1.82) is 0 Å². The molecule has 1 aliphatic rings. The van der Waals surface area contributed by atoms with Crippen LogP contribution in [0.2, 0.25) is 15.1 Å². The molecule has 19 heavy (non-hydrogen) atoms. The molecule has 1 N–H and O–H groups in total. The number of urea groups is 1. The van der Waals surface area contributed by atoms with Gasteiger partial charge in [-0.3, -0.25) is 0 Å². The van der Waals surface area contributed by atoms with Crippen LogP contribution in [0.4, 0.5) is 10.5 Å². The van der Waals surface area contributed by atoms with Gasteiger partial charge in [0.05, 0.1) is 20.8 Å². The monoisotopic (exact) mass is 320 g/mol. The number of anilines is 1. The summed E-state index contributed by atoms with van der Waals surface area (Å²) in [4.78, 5) is 14.0. The first-order valence-electron chi connectivity index (χ1n) is 6.28. The van der Waals surface area contributed by atoms with Gasteiger partial charge >= 0.3 is 6.03 Å². The Morgan fingerprint density at radius 3 is 2.16 bits per heavy atom. The fourth-order valence-electron chi connectivity index (χ4n) is 2.09. The van der Waals surface area contributed by atoms with Crippen molar-refractivity contribution in [1.82, 2.24) is 4.90 Å². The molecule has 1 fully saturated rings. The Kier molecular flexibility index (Phi) is 5.20. The third-order valence-corrected chi connectivity index (χ3v) is 4.18. The fourth-order valence-corrected chi connectivity index (χ4v) is 2.68. The van der Waals surface area contributed by atoms with Crippen molar-refractivity contribution < 1.29 is 4.79 Å². The zero-order valence-electron chi connectivity index (χ0n) is 10.4. The molecule has 1 saturated heterocycles. The summed E-state index contributed by atoms with van der Waals surface area (Å²) in [7, 11) is 0. The number of hydrogen-bond acceptors (Lipinski definition) is 1. The number of benzene rings is 1. The SMILES string of the molecule is O=C(Nc1cc(Cl)c(Cl)cc1Cl)N1CCCCCC1. The minimum atomic E-state index is -0.137. The van der Waals surface area contributed by atoms with Gasteiger partial charge in [0.25, 0.3) is 0 Å². The maximum absolute atomic E-state index is 12.1. The molecule has 0 aromatic heterocycles. The van der Waals surface area contributed by atoms with E-state index >= 15 is 0 Å². The summed E-state index contributed by atoms with van der Waals surface area (Å²) in [5, 5.41) is 3.92. The highest BCUT2D eigenvalue weighted by molar-refractivity contribution is 6.44. The van der Waals surface area contributed by atoms with Gasteiger partial charge in [-0.2, -0.15) is 0 Å². The third kappa shape index (κ3) is 3.91. The topological polar surface area (TPSA) is 32.3 Å². The molecule has 0 unspecified atom stereocenters. The number of nitrogens with zero attached hydrogens (tertiary/aromatic N) is 1. The summed E-state index contributed by atoms with van der Waals surface area (Å²) in [6.07, 6.45) is 4.44. The largest absolute Gasteiger partial charge is 0.325 e. The van der Waals surface area contributed by atoms with Gasteiger partial charge in [-0.25, -0.2) is 4.79 Å². The van der Waals surface area contributed by atoms with Crippen LogP contribution < -0.4 is 5.32 Å². The van der Waals surface area contributed by atoms with Crippen LogP contribution in [0.25, 0.3) is 0 Å². The van der Waals surface area contributed by atoms with Crippen molar-refractivity contribution in [2.24, 2.45) is 0 Å². The second-order valence-corrected chi connectivity index (χ2v) is 5.80. The molecule has 2 rings (SSSR count). The first kappa shape index (κ1) is 14.8. The molecular formula is C13H15Cl3N2O. The van der Waals surface area contributed by atoms with Gasteiger partial charge in [-0.1, -0.05) is 47.6 Å².